The van der Waals surface area contributed by atoms with Gasteiger partial charge >= 0.3 is 0 Å². The third-order valence-electron chi connectivity index (χ3n) is 2.23. The van der Waals surface area contributed by atoms with Crippen molar-refractivity contribution in [3.63, 3.8) is 0 Å². The van der Waals surface area contributed by atoms with E-state index in [0.717, 1.165) is 5.69 Å². The highest BCUT2D eigenvalue weighted by Crippen LogP contribution is 2.13. The summed E-state index contributed by atoms with van der Waals surface area (Å²) >= 11 is 0. The van der Waals surface area contributed by atoms with E-state index in [1.54, 1.807) is 24.3 Å². The highest BCUT2D eigenvalue weighted by Gasteiger charge is 2.06. The molecule has 0 aliphatic rings. The Bertz CT molecular complexity index is 486. The number of hydrogen-bond donors (Lipinski definition) is 0. The van der Waals surface area contributed by atoms with Gasteiger partial charge in [0.2, 0.25) is 0 Å². The van der Waals surface area contributed by atoms with Crippen LogP contribution < -0.4 is 4.90 Å². The molecule has 0 radical (unpaired) electrons. The van der Waals surface area contributed by atoms with Gasteiger partial charge in [-0.2, -0.15) is 5.26 Å². The van der Waals surface area contributed by atoms with E-state index in [9.17, 15) is 8.42 Å². The van der Waals surface area contributed by atoms with Gasteiger partial charge in [-0.25, -0.2) is 8.42 Å². The second kappa shape index (κ2) is 4.99. The van der Waals surface area contributed by atoms with E-state index >= 15 is 0 Å². The van der Waals surface area contributed by atoms with Crippen LogP contribution >= 0.6 is 0 Å². The summed E-state index contributed by atoms with van der Waals surface area (Å²) in [7, 11) is -1.11. The van der Waals surface area contributed by atoms with Crippen LogP contribution in [-0.4, -0.2) is 34.0 Å². The van der Waals surface area contributed by atoms with Gasteiger partial charge in [-0.15, -0.1) is 0 Å². The molecule has 1 rings (SSSR count). The second-order valence-corrected chi connectivity index (χ2v) is 5.97. The lowest BCUT2D eigenvalue weighted by molar-refractivity contribution is 0.601. The summed E-state index contributed by atoms with van der Waals surface area (Å²) in [6.07, 6.45) is 1.22. The molecule has 0 aromatic heterocycles. The smallest absolute Gasteiger partial charge is 0.149 e. The predicted molar refractivity (Wildman–Crippen MR) is 64.1 cm³/mol. The first-order valence-electron chi connectivity index (χ1n) is 4.81. The minimum Gasteiger partial charge on any atom is -0.374 e. The van der Waals surface area contributed by atoms with Crippen LogP contribution in [0, 0.1) is 11.3 Å². The quantitative estimate of drug-likeness (QED) is 0.786. The van der Waals surface area contributed by atoms with E-state index in [2.05, 4.69) is 0 Å². The van der Waals surface area contributed by atoms with Crippen LogP contribution in [0.2, 0.25) is 0 Å². The van der Waals surface area contributed by atoms with Crippen molar-refractivity contribution >= 4 is 15.5 Å². The van der Waals surface area contributed by atoms with Gasteiger partial charge in [0, 0.05) is 25.5 Å². The summed E-state index contributed by atoms with van der Waals surface area (Å²) in [5.41, 5.74) is 1.50. The molecular weight excluding hydrogens is 224 g/mol. The summed E-state index contributed by atoms with van der Waals surface area (Å²) < 4.78 is 22.0. The van der Waals surface area contributed by atoms with E-state index in [1.807, 2.05) is 18.0 Å². The van der Waals surface area contributed by atoms with E-state index in [0.29, 0.717) is 12.1 Å². The van der Waals surface area contributed by atoms with Gasteiger partial charge in [0.05, 0.1) is 17.4 Å². The number of benzene rings is 1. The number of sulfone groups is 1. The molecule has 0 spiro atoms. The van der Waals surface area contributed by atoms with E-state index in [4.69, 9.17) is 5.26 Å². The molecule has 0 unspecified atom stereocenters. The fourth-order valence-electron chi connectivity index (χ4n) is 1.22. The lowest BCUT2D eigenvalue weighted by Gasteiger charge is -2.18. The molecule has 5 heteroatoms. The van der Waals surface area contributed by atoms with E-state index < -0.39 is 9.84 Å². The zero-order chi connectivity index (χ0) is 12.2. The van der Waals surface area contributed by atoms with Gasteiger partial charge in [-0.1, -0.05) is 0 Å². The Morgan fingerprint density at radius 1 is 1.31 bits per heavy atom. The summed E-state index contributed by atoms with van der Waals surface area (Å²) in [5.74, 6) is 0.128. The fourth-order valence-corrected chi connectivity index (χ4v) is 1.83. The molecule has 0 N–H and O–H groups in total. The van der Waals surface area contributed by atoms with Crippen LogP contribution in [0.15, 0.2) is 24.3 Å². The highest BCUT2D eigenvalue weighted by atomic mass is 32.2. The molecule has 0 heterocycles. The van der Waals surface area contributed by atoms with Crippen molar-refractivity contribution in [2.45, 2.75) is 0 Å². The predicted octanol–water partition coefficient (Wildman–Crippen LogP) is 1.04. The third-order valence-corrected chi connectivity index (χ3v) is 3.16. The Hall–Kier alpha value is -1.54. The van der Waals surface area contributed by atoms with Crippen molar-refractivity contribution < 1.29 is 8.42 Å². The zero-order valence-corrected chi connectivity index (χ0v) is 10.2. The average molecular weight is 238 g/mol. The lowest BCUT2D eigenvalue weighted by Crippen LogP contribution is -2.24. The SMILES string of the molecule is CN(CCS(C)(=O)=O)c1ccc(C#N)cc1. The van der Waals surface area contributed by atoms with Crippen LogP contribution in [0.1, 0.15) is 5.56 Å². The standard InChI is InChI=1S/C11H14N2O2S/c1-13(7-8-16(2,14)15)11-5-3-10(9-12)4-6-11/h3-6H,7-8H2,1-2H3. The van der Waals surface area contributed by atoms with Crippen molar-refractivity contribution in [3.8, 4) is 6.07 Å². The Morgan fingerprint density at radius 2 is 1.88 bits per heavy atom. The first-order valence-corrected chi connectivity index (χ1v) is 6.87. The fraction of sp³-hybridized carbons (Fsp3) is 0.364. The van der Waals surface area contributed by atoms with Crippen LogP contribution in [0.5, 0.6) is 0 Å². The van der Waals surface area contributed by atoms with Gasteiger partial charge in [-0.05, 0) is 24.3 Å². The normalized spacial score (nSPS) is 10.8. The van der Waals surface area contributed by atoms with Gasteiger partial charge in [0.25, 0.3) is 0 Å². The summed E-state index contributed by atoms with van der Waals surface area (Å²) in [6, 6.07) is 9.08. The number of hydrogen-bond acceptors (Lipinski definition) is 4. The van der Waals surface area contributed by atoms with Crippen molar-refractivity contribution in [2.75, 3.05) is 30.5 Å². The largest absolute Gasteiger partial charge is 0.374 e. The molecule has 0 saturated carbocycles. The van der Waals surface area contributed by atoms with Crippen molar-refractivity contribution in [1.29, 1.82) is 5.26 Å². The number of anilines is 1. The molecule has 16 heavy (non-hydrogen) atoms. The van der Waals surface area contributed by atoms with E-state index in [-0.39, 0.29) is 5.75 Å². The van der Waals surface area contributed by atoms with Gasteiger partial charge in [-0.3, -0.25) is 0 Å². The number of rotatable bonds is 4. The zero-order valence-electron chi connectivity index (χ0n) is 9.34. The van der Waals surface area contributed by atoms with Crippen molar-refractivity contribution in [3.05, 3.63) is 29.8 Å². The van der Waals surface area contributed by atoms with Gasteiger partial charge < -0.3 is 4.90 Å². The van der Waals surface area contributed by atoms with Crippen molar-refractivity contribution in [2.24, 2.45) is 0 Å². The van der Waals surface area contributed by atoms with Gasteiger partial charge in [0.1, 0.15) is 9.84 Å². The molecule has 1 aromatic rings. The van der Waals surface area contributed by atoms with Crippen LogP contribution in [0.3, 0.4) is 0 Å². The Morgan fingerprint density at radius 3 is 2.31 bits per heavy atom. The van der Waals surface area contributed by atoms with Crippen LogP contribution in [-0.2, 0) is 9.84 Å². The highest BCUT2D eigenvalue weighted by molar-refractivity contribution is 7.90. The molecule has 4 nitrogen and oxygen atoms in total. The first kappa shape index (κ1) is 12.5. The Labute approximate surface area is 96.0 Å². The first-order chi connectivity index (χ1) is 7.42. The molecule has 0 aliphatic carbocycles. The third kappa shape index (κ3) is 3.91. The maximum absolute atomic E-state index is 11.0. The minimum absolute atomic E-state index is 0.128. The average Bonchev–Trinajstić information content (AvgIpc) is 2.25. The number of nitrogens with zero attached hydrogens (tertiary/aromatic N) is 2. The topological polar surface area (TPSA) is 61.2 Å². The molecule has 0 bridgehead atoms. The second-order valence-electron chi connectivity index (χ2n) is 3.71. The molecule has 0 amide bonds. The molecule has 0 fully saturated rings. The molecular formula is C11H14N2O2S. The minimum atomic E-state index is -2.93. The molecule has 86 valence electrons. The summed E-state index contributed by atoms with van der Waals surface area (Å²) in [4.78, 5) is 1.85. The van der Waals surface area contributed by atoms with Gasteiger partial charge in [0.15, 0.2) is 0 Å². The lowest BCUT2D eigenvalue weighted by atomic mass is 10.2. The molecule has 0 aliphatic heterocycles. The summed E-state index contributed by atoms with van der Waals surface area (Å²) in [5, 5.41) is 8.63. The van der Waals surface area contributed by atoms with Crippen molar-refractivity contribution in [1.82, 2.24) is 0 Å². The summed E-state index contributed by atoms with van der Waals surface area (Å²) in [6.45, 7) is 0.449. The maximum atomic E-state index is 11.0. The Kier molecular flexibility index (Phi) is 3.91. The molecule has 0 atom stereocenters. The van der Waals surface area contributed by atoms with Crippen LogP contribution in [0.4, 0.5) is 5.69 Å². The Balaban J connectivity index is 2.67. The molecule has 0 saturated heterocycles. The van der Waals surface area contributed by atoms with E-state index in [1.165, 1.54) is 6.26 Å². The number of nitriles is 1. The molecule has 1 aromatic carbocycles. The monoisotopic (exact) mass is 238 g/mol. The van der Waals surface area contributed by atoms with Crippen LogP contribution in [0.25, 0.3) is 0 Å². The maximum Gasteiger partial charge on any atom is 0.149 e.